The van der Waals surface area contributed by atoms with E-state index >= 15 is 0 Å². The summed E-state index contributed by atoms with van der Waals surface area (Å²) in [4.78, 5) is 15.0. The predicted octanol–water partition coefficient (Wildman–Crippen LogP) is 6.91. The third-order valence-electron chi connectivity index (χ3n) is 6.33. The Balaban J connectivity index is 1.55. The zero-order valence-electron chi connectivity index (χ0n) is 22.2. The van der Waals surface area contributed by atoms with E-state index in [0.29, 0.717) is 43.8 Å². The Hall–Kier alpha value is -2.85. The van der Waals surface area contributed by atoms with Crippen molar-refractivity contribution in [1.29, 1.82) is 0 Å². The van der Waals surface area contributed by atoms with Gasteiger partial charge in [0.2, 0.25) is 0 Å². The maximum absolute atomic E-state index is 13.1. The lowest BCUT2D eigenvalue weighted by atomic mass is 10.1. The average molecular weight is 557 g/mol. The van der Waals surface area contributed by atoms with Gasteiger partial charge < -0.3 is 24.3 Å². The van der Waals surface area contributed by atoms with Crippen molar-refractivity contribution in [3.8, 4) is 11.8 Å². The van der Waals surface area contributed by atoms with Gasteiger partial charge in [-0.1, -0.05) is 23.6 Å². The van der Waals surface area contributed by atoms with Crippen LogP contribution in [-0.4, -0.2) is 52.8 Å². The molecule has 0 unspecified atom stereocenters. The van der Waals surface area contributed by atoms with Gasteiger partial charge in [-0.15, -0.1) is 11.6 Å². The summed E-state index contributed by atoms with van der Waals surface area (Å²) in [7, 11) is 0. The van der Waals surface area contributed by atoms with Crippen LogP contribution in [0.25, 0.3) is 10.9 Å². The van der Waals surface area contributed by atoms with Gasteiger partial charge in [0.1, 0.15) is 5.60 Å². The number of benzene rings is 2. The zero-order valence-corrected chi connectivity index (χ0v) is 23.7. The summed E-state index contributed by atoms with van der Waals surface area (Å²) in [5, 5.41) is 5.06. The first kappa shape index (κ1) is 28.2. The number of carbonyl (C=O) groups excluding carboxylic acids is 1. The minimum absolute atomic E-state index is 0.0877. The molecule has 0 saturated carbocycles. The van der Waals surface area contributed by atoms with Crippen LogP contribution in [0.2, 0.25) is 5.02 Å². The van der Waals surface area contributed by atoms with Gasteiger partial charge in [0.15, 0.2) is 0 Å². The van der Waals surface area contributed by atoms with Gasteiger partial charge in [-0.05, 0) is 87.6 Å². The Bertz CT molecular complexity index is 1300. The van der Waals surface area contributed by atoms with Gasteiger partial charge in [-0.25, -0.2) is 4.79 Å². The van der Waals surface area contributed by atoms with Crippen molar-refractivity contribution in [2.24, 2.45) is 0 Å². The number of hydrogen-bond donors (Lipinski definition) is 1. The van der Waals surface area contributed by atoms with Gasteiger partial charge in [0.25, 0.3) is 0 Å². The maximum Gasteiger partial charge on any atom is 0.410 e. The van der Waals surface area contributed by atoms with Crippen LogP contribution in [-0.2, 0) is 22.6 Å². The highest BCUT2D eigenvalue weighted by Gasteiger charge is 2.30. The third-order valence-corrected chi connectivity index (χ3v) is 6.75. The number of aryl methyl sites for hydroxylation is 1. The summed E-state index contributed by atoms with van der Waals surface area (Å²) < 4.78 is 13.4. The second kappa shape index (κ2) is 12.8. The first-order chi connectivity index (χ1) is 18.2. The highest BCUT2D eigenvalue weighted by atomic mass is 35.5. The summed E-state index contributed by atoms with van der Waals surface area (Å²) in [5.74, 6) is 6.99. The zero-order chi connectivity index (χ0) is 27.1. The van der Waals surface area contributed by atoms with Crippen molar-refractivity contribution in [1.82, 2.24) is 9.47 Å². The molecule has 0 spiro atoms. The first-order valence-electron chi connectivity index (χ1n) is 13.0. The van der Waals surface area contributed by atoms with Gasteiger partial charge in [-0.3, -0.25) is 0 Å². The number of alkyl halides is 1. The number of carbonyl (C=O) groups is 1. The fraction of sp³-hybridized carbons (Fsp3) is 0.433. The molecule has 202 valence electrons. The SMILES string of the molecule is CC(C)(C)OC(=O)N(Cc1ccc2c(c1)cc(C#CCNc1ccc(Cl)cc1)n2CCCl)C1CCOCC1. The van der Waals surface area contributed by atoms with Crippen LogP contribution >= 0.6 is 23.2 Å². The highest BCUT2D eigenvalue weighted by Crippen LogP contribution is 2.25. The molecule has 1 aliphatic heterocycles. The normalized spacial score (nSPS) is 14.1. The molecule has 1 N–H and O–H groups in total. The minimum Gasteiger partial charge on any atom is -0.444 e. The van der Waals surface area contributed by atoms with E-state index in [9.17, 15) is 4.79 Å². The van der Waals surface area contributed by atoms with E-state index in [4.69, 9.17) is 32.7 Å². The number of nitrogens with one attached hydrogen (secondary N) is 1. The molecular formula is C30H35Cl2N3O3. The molecule has 6 nitrogen and oxygen atoms in total. The number of anilines is 1. The van der Waals surface area contributed by atoms with Crippen molar-refractivity contribution in [2.75, 3.05) is 31.0 Å². The number of amides is 1. The molecule has 1 fully saturated rings. The number of ether oxygens (including phenoxy) is 2. The molecule has 38 heavy (non-hydrogen) atoms. The molecule has 0 aliphatic carbocycles. The molecule has 4 rings (SSSR count). The maximum atomic E-state index is 13.1. The van der Waals surface area contributed by atoms with Crippen molar-refractivity contribution < 1.29 is 14.3 Å². The van der Waals surface area contributed by atoms with E-state index in [-0.39, 0.29) is 12.1 Å². The number of fused-ring (bicyclic) bond motifs is 1. The molecule has 1 saturated heterocycles. The van der Waals surface area contributed by atoms with Gasteiger partial charge >= 0.3 is 6.09 Å². The molecular weight excluding hydrogens is 521 g/mol. The molecule has 3 aromatic rings. The second-order valence-corrected chi connectivity index (χ2v) is 11.2. The van der Waals surface area contributed by atoms with E-state index < -0.39 is 5.60 Å². The van der Waals surface area contributed by atoms with Crippen LogP contribution in [0.5, 0.6) is 0 Å². The molecule has 0 bridgehead atoms. The van der Waals surface area contributed by atoms with Crippen molar-refractivity contribution in [3.05, 3.63) is 64.8 Å². The van der Waals surface area contributed by atoms with E-state index in [1.54, 1.807) is 0 Å². The second-order valence-electron chi connectivity index (χ2n) is 10.4. The van der Waals surface area contributed by atoms with Crippen molar-refractivity contribution >= 4 is 45.9 Å². The van der Waals surface area contributed by atoms with Crippen LogP contribution in [0.15, 0.2) is 48.5 Å². The van der Waals surface area contributed by atoms with E-state index in [1.807, 2.05) is 49.9 Å². The molecule has 2 aromatic carbocycles. The summed E-state index contributed by atoms with van der Waals surface area (Å²) in [6.07, 6.45) is 1.32. The van der Waals surface area contributed by atoms with Gasteiger partial charge in [-0.2, -0.15) is 0 Å². The largest absolute Gasteiger partial charge is 0.444 e. The molecule has 1 amide bonds. The summed E-state index contributed by atoms with van der Waals surface area (Å²) in [6, 6.07) is 16.0. The average Bonchev–Trinajstić information content (AvgIpc) is 3.22. The summed E-state index contributed by atoms with van der Waals surface area (Å²) in [5.41, 5.74) is 3.43. The van der Waals surface area contributed by atoms with Crippen LogP contribution in [0.4, 0.5) is 10.5 Å². The number of aromatic nitrogens is 1. The fourth-order valence-corrected chi connectivity index (χ4v) is 4.85. The van der Waals surface area contributed by atoms with Gasteiger partial charge in [0.05, 0.1) is 12.2 Å². The number of rotatable bonds is 7. The Morgan fingerprint density at radius 1 is 1.16 bits per heavy atom. The number of halogens is 2. The van der Waals surface area contributed by atoms with Crippen LogP contribution in [0.3, 0.4) is 0 Å². The first-order valence-corrected chi connectivity index (χ1v) is 13.9. The highest BCUT2D eigenvalue weighted by molar-refractivity contribution is 6.30. The lowest BCUT2D eigenvalue weighted by molar-refractivity contribution is -0.00807. The molecule has 8 heteroatoms. The lowest BCUT2D eigenvalue weighted by Crippen LogP contribution is -2.45. The Morgan fingerprint density at radius 2 is 1.89 bits per heavy atom. The summed E-state index contributed by atoms with van der Waals surface area (Å²) in [6.45, 7) is 8.63. The number of nitrogens with zero attached hydrogens (tertiary/aromatic N) is 2. The monoisotopic (exact) mass is 555 g/mol. The van der Waals surface area contributed by atoms with Crippen LogP contribution in [0.1, 0.15) is 44.9 Å². The molecule has 0 radical (unpaired) electrons. The van der Waals surface area contributed by atoms with E-state index in [1.165, 1.54) is 0 Å². The minimum atomic E-state index is -0.556. The van der Waals surface area contributed by atoms with E-state index in [2.05, 4.69) is 46.0 Å². The van der Waals surface area contributed by atoms with Crippen molar-refractivity contribution in [2.45, 2.75) is 58.3 Å². The lowest BCUT2D eigenvalue weighted by Gasteiger charge is -2.35. The number of hydrogen-bond acceptors (Lipinski definition) is 4. The quantitative estimate of drug-likeness (QED) is 0.254. The Kier molecular flexibility index (Phi) is 9.49. The molecule has 2 heterocycles. The van der Waals surface area contributed by atoms with Crippen molar-refractivity contribution in [3.63, 3.8) is 0 Å². The summed E-state index contributed by atoms with van der Waals surface area (Å²) >= 11 is 12.1. The van der Waals surface area contributed by atoms with Crippen LogP contribution in [0, 0.1) is 11.8 Å². The Morgan fingerprint density at radius 3 is 2.58 bits per heavy atom. The smallest absolute Gasteiger partial charge is 0.410 e. The topological polar surface area (TPSA) is 55.7 Å². The Labute approximate surface area is 235 Å². The molecule has 1 aliphatic rings. The molecule has 1 aromatic heterocycles. The predicted molar refractivity (Wildman–Crippen MR) is 155 cm³/mol. The molecule has 0 atom stereocenters. The van der Waals surface area contributed by atoms with Crippen LogP contribution < -0.4 is 5.32 Å². The fourth-order valence-electron chi connectivity index (χ4n) is 4.55. The van der Waals surface area contributed by atoms with Gasteiger partial charge in [0, 0.05) is 59.8 Å². The van der Waals surface area contributed by atoms with E-state index in [0.717, 1.165) is 40.7 Å². The third kappa shape index (κ3) is 7.60. The standard InChI is InChI=1S/C30H35Cl2N3O3/c1-30(2,3)38-29(36)35(26-12-17-37-18-13-26)21-22-6-11-28-23(19-22)20-27(34(28)16-14-31)5-4-15-33-25-9-7-24(32)8-10-25/h6-11,19-20,26,33H,12-18,21H2,1-3H3.